The van der Waals surface area contributed by atoms with Crippen molar-refractivity contribution >= 4 is 38.8 Å². The first-order valence-corrected chi connectivity index (χ1v) is 20.2. The Balaban J connectivity index is 0.00000283. The minimum Gasteiger partial charge on any atom is -0.748 e. The van der Waals surface area contributed by atoms with Crippen molar-refractivity contribution in [1.29, 1.82) is 0 Å². The van der Waals surface area contributed by atoms with E-state index < -0.39 is 21.4 Å². The van der Waals surface area contributed by atoms with Crippen LogP contribution in [0.2, 0.25) is 0 Å². The monoisotopic (exact) mass is 819 g/mol. The number of carbonyl (C=O) groups excluding carboxylic acids is 2. The van der Waals surface area contributed by atoms with Gasteiger partial charge in [0.25, 0.3) is 11.8 Å². The molecule has 2 N–H and O–H groups in total. The van der Waals surface area contributed by atoms with Crippen LogP contribution in [0, 0.1) is 20.3 Å². The van der Waals surface area contributed by atoms with Gasteiger partial charge in [-0.25, -0.2) is 8.42 Å². The van der Waals surface area contributed by atoms with E-state index in [-0.39, 0.29) is 96.4 Å². The maximum Gasteiger partial charge on any atom is 1.00 e. The summed E-state index contributed by atoms with van der Waals surface area (Å²) < 4.78 is 55.9. The summed E-state index contributed by atoms with van der Waals surface area (Å²) in [6.45, 7) is 4.45. The van der Waals surface area contributed by atoms with Crippen molar-refractivity contribution in [1.82, 2.24) is 9.80 Å². The molecular formula is C44H43N3Na2O8S. The minimum absolute atomic E-state index is 0. The van der Waals surface area contributed by atoms with Crippen molar-refractivity contribution in [3.05, 3.63) is 136 Å². The number of rotatable bonds is 10. The molecule has 4 heterocycles. The summed E-state index contributed by atoms with van der Waals surface area (Å²) in [7, 11) is -3.23. The van der Waals surface area contributed by atoms with Gasteiger partial charge >= 0.3 is 59.1 Å². The average molecular weight is 820 g/mol. The number of ether oxygens (including phenoxy) is 3. The first-order chi connectivity index (χ1) is 26.9. The van der Waals surface area contributed by atoms with Crippen LogP contribution in [-0.2, 0) is 23.0 Å². The van der Waals surface area contributed by atoms with Gasteiger partial charge in [-0.15, -0.1) is 0 Å². The molecule has 14 heteroatoms. The largest absolute Gasteiger partial charge is 1.00 e. The number of nitrogen functional groups attached to an aromatic ring is 1. The van der Waals surface area contributed by atoms with Gasteiger partial charge in [0.05, 0.1) is 41.7 Å². The fourth-order valence-corrected chi connectivity index (χ4v) is 9.16. The van der Waals surface area contributed by atoms with E-state index in [1.807, 2.05) is 36.2 Å². The van der Waals surface area contributed by atoms with Crippen LogP contribution in [-0.4, -0.2) is 72.2 Å². The third kappa shape index (κ3) is 8.81. The van der Waals surface area contributed by atoms with E-state index in [4.69, 9.17) is 19.9 Å². The molecule has 58 heavy (non-hydrogen) atoms. The third-order valence-electron chi connectivity index (χ3n) is 11.2. The number of benzene rings is 4. The normalized spacial score (nSPS) is 19.6. The van der Waals surface area contributed by atoms with Crippen LogP contribution >= 0.6 is 0 Å². The van der Waals surface area contributed by atoms with Gasteiger partial charge in [0, 0.05) is 35.6 Å². The quantitative estimate of drug-likeness (QED) is 0.0794. The summed E-state index contributed by atoms with van der Waals surface area (Å²) in [5.74, 6) is 1.06. The van der Waals surface area contributed by atoms with Crippen LogP contribution in [0.1, 0.15) is 73.4 Å². The van der Waals surface area contributed by atoms with E-state index in [9.17, 15) is 22.6 Å². The van der Waals surface area contributed by atoms with Crippen molar-refractivity contribution in [2.75, 3.05) is 26.1 Å². The molecule has 11 nitrogen and oxygen atoms in total. The molecule has 4 aromatic carbocycles. The molecule has 0 bridgehead atoms. The van der Waals surface area contributed by atoms with Crippen LogP contribution in [0.25, 0.3) is 11.1 Å². The summed E-state index contributed by atoms with van der Waals surface area (Å²) in [4.78, 5) is 30.9. The topological polar surface area (TPSA) is 152 Å². The van der Waals surface area contributed by atoms with Crippen LogP contribution in [0.4, 0.5) is 5.69 Å². The van der Waals surface area contributed by atoms with Crippen molar-refractivity contribution < 1.29 is 95.9 Å². The minimum atomic E-state index is -4.78. The van der Waals surface area contributed by atoms with Crippen LogP contribution in [0.3, 0.4) is 0 Å². The van der Waals surface area contributed by atoms with Crippen molar-refractivity contribution in [2.45, 2.75) is 63.3 Å². The number of hydrogen-bond donors (Lipinski definition) is 1. The molecular weight excluding hydrogens is 777 g/mol. The molecule has 0 saturated heterocycles. The molecule has 0 fully saturated rings. The number of hydrogen-bond acceptors (Lipinski definition) is 9. The van der Waals surface area contributed by atoms with Crippen LogP contribution in [0.15, 0.2) is 85.2 Å². The second-order valence-electron chi connectivity index (χ2n) is 14.9. The molecule has 8 rings (SSSR count). The summed E-state index contributed by atoms with van der Waals surface area (Å²) in [6.07, 6.45) is 7.77. The number of methoxy groups -OCH3 is 1. The standard InChI is InChI=1S/C44H44N3O8S.2Na/c1-26-5-7-28(8-6-26)32-18-35-14-11-30-20-41(40(53-3)23-37(30)43(48)46(35)24-32)55-16-4-15-54-39-21-31-22-42(56(50,51)52)38-19-33(29-9-12-34(45)13-10-29)25-47(38)44(49)36(31)17-27(39)2;;/h5-10,12-14,17,20-21,23-25,35,38,42H,4,11,15-16,18-19,22,45H2,1-3H3,(H,50,51,52);;/q-1;2*+1/p-1/t35-,38+,42-;;/m1../s1. The average Bonchev–Trinajstić information content (AvgIpc) is 3.76. The molecule has 4 aliphatic heterocycles. The maximum atomic E-state index is 13.9. The number of amides is 2. The molecule has 2 amide bonds. The number of carbonyl (C=O) groups is 2. The first kappa shape index (κ1) is 44.0. The fraction of sp³-hybridized carbons (Fsp3) is 0.295. The van der Waals surface area contributed by atoms with E-state index >= 15 is 0 Å². The van der Waals surface area contributed by atoms with E-state index in [2.05, 4.69) is 37.6 Å². The molecule has 0 aromatic heterocycles. The van der Waals surface area contributed by atoms with Gasteiger partial charge in [0.2, 0.25) is 0 Å². The van der Waals surface area contributed by atoms with Gasteiger partial charge in [-0.1, -0.05) is 53.6 Å². The van der Waals surface area contributed by atoms with Gasteiger partial charge in [0.15, 0.2) is 11.5 Å². The summed E-state index contributed by atoms with van der Waals surface area (Å²) in [5, 5.41) is -1.34. The van der Waals surface area contributed by atoms with Crippen LogP contribution in [0.5, 0.6) is 17.2 Å². The zero-order valence-electron chi connectivity index (χ0n) is 33.5. The first-order valence-electron chi connectivity index (χ1n) is 18.8. The van der Waals surface area contributed by atoms with E-state index in [0.29, 0.717) is 64.6 Å². The predicted molar refractivity (Wildman–Crippen MR) is 212 cm³/mol. The molecule has 3 atom stereocenters. The molecule has 290 valence electrons. The number of anilines is 1. The molecule has 0 radical (unpaired) electrons. The predicted octanol–water partition coefficient (Wildman–Crippen LogP) is 0.492. The second kappa shape index (κ2) is 17.9. The Morgan fingerprint density at radius 1 is 0.759 bits per heavy atom. The number of nitrogens with two attached hydrogens (primary N) is 1. The summed E-state index contributed by atoms with van der Waals surface area (Å²) in [5.41, 5.74) is 14.4. The van der Waals surface area contributed by atoms with E-state index in [0.717, 1.165) is 34.3 Å². The molecule has 0 spiro atoms. The Bertz CT molecular complexity index is 2400. The molecule has 4 aliphatic rings. The van der Waals surface area contributed by atoms with Crippen molar-refractivity contribution in [3.8, 4) is 17.2 Å². The molecule has 4 aromatic rings. The zero-order chi connectivity index (χ0) is 39.3. The Hall–Kier alpha value is -3.59. The van der Waals surface area contributed by atoms with Gasteiger partial charge in [-0.3, -0.25) is 9.59 Å². The molecule has 0 saturated carbocycles. The molecule has 0 unspecified atom stereocenters. The van der Waals surface area contributed by atoms with Gasteiger partial charge in [-0.05, 0) is 103 Å². The third-order valence-corrected chi connectivity index (χ3v) is 12.4. The van der Waals surface area contributed by atoms with E-state index in [1.165, 1.54) is 10.5 Å². The number of fused-ring (bicyclic) bond motifs is 4. The van der Waals surface area contributed by atoms with Crippen molar-refractivity contribution in [2.24, 2.45) is 0 Å². The van der Waals surface area contributed by atoms with Gasteiger partial charge in [0.1, 0.15) is 5.75 Å². The Kier molecular flexibility index (Phi) is 13.6. The van der Waals surface area contributed by atoms with Gasteiger partial charge in [-0.2, -0.15) is 6.42 Å². The molecule has 0 aliphatic carbocycles. The van der Waals surface area contributed by atoms with E-state index in [1.54, 1.807) is 43.6 Å². The summed E-state index contributed by atoms with van der Waals surface area (Å²) >= 11 is 0. The Morgan fingerprint density at radius 3 is 2.02 bits per heavy atom. The van der Waals surface area contributed by atoms with Crippen LogP contribution < -0.4 is 79.1 Å². The van der Waals surface area contributed by atoms with Crippen molar-refractivity contribution in [3.63, 3.8) is 0 Å². The van der Waals surface area contributed by atoms with Gasteiger partial charge < -0.3 is 40.7 Å². The number of aryl methyl sites for hydroxylation is 2. The Labute approximate surface area is 383 Å². The Morgan fingerprint density at radius 2 is 1.34 bits per heavy atom. The summed E-state index contributed by atoms with van der Waals surface area (Å²) in [6, 6.07) is 21.6. The maximum absolute atomic E-state index is 13.9. The second-order valence-corrected chi connectivity index (χ2v) is 16.5. The zero-order valence-corrected chi connectivity index (χ0v) is 38.3. The SMILES string of the molecule is COc1cc2c(cc1OCCCOc1cc3c(cc1C)C(=O)N1C=C(c4ccc(N)cc4)C[C@H]1[C@H](S(=O)(=O)[O-])C3)C[CH-][C@@H]1CC(c3ccc(C)cc3)=CN1C2=O.[Na+].[Na+]. The fourth-order valence-electron chi connectivity index (χ4n) is 8.16. The number of nitrogens with zero attached hydrogens (tertiary/aromatic N) is 2. The smallest absolute Gasteiger partial charge is 0.748 e.